The Balaban J connectivity index is 0.000000406. The van der Waals surface area contributed by atoms with Crippen LogP contribution in [0.15, 0.2) is 55.0 Å². The van der Waals surface area contributed by atoms with Gasteiger partial charge < -0.3 is 21.1 Å². The van der Waals surface area contributed by atoms with Gasteiger partial charge in [0.1, 0.15) is 11.3 Å². The number of benzene rings is 1. The smallest absolute Gasteiger partial charge is 0.475 e. The number of aromatic nitrogens is 4. The number of alkyl halides is 3. The van der Waals surface area contributed by atoms with Crippen molar-refractivity contribution in [3.8, 4) is 11.4 Å². The SMILES string of the molecule is CCc1ccccc1Nc1c(C(N)=O)cnc2[nH]c(-c3ccncc3)nc12.O=C(O)C(F)(F)F. The van der Waals surface area contributed by atoms with Crippen molar-refractivity contribution in [2.24, 2.45) is 5.73 Å². The molecule has 3 aromatic heterocycles. The lowest BCUT2D eigenvalue weighted by Crippen LogP contribution is -2.21. The molecule has 0 unspecified atom stereocenters. The van der Waals surface area contributed by atoms with E-state index >= 15 is 0 Å². The quantitative estimate of drug-likeness (QED) is 0.342. The second-order valence-electron chi connectivity index (χ2n) is 6.87. The molecule has 0 bridgehead atoms. The van der Waals surface area contributed by atoms with E-state index in [1.165, 1.54) is 6.20 Å². The van der Waals surface area contributed by atoms with E-state index < -0.39 is 18.1 Å². The van der Waals surface area contributed by atoms with Crippen LogP contribution in [-0.4, -0.2) is 43.1 Å². The summed E-state index contributed by atoms with van der Waals surface area (Å²) in [4.78, 5) is 37.1. The van der Waals surface area contributed by atoms with E-state index in [9.17, 15) is 18.0 Å². The van der Waals surface area contributed by atoms with Gasteiger partial charge in [0.15, 0.2) is 5.65 Å². The van der Waals surface area contributed by atoms with E-state index in [0.29, 0.717) is 28.2 Å². The van der Waals surface area contributed by atoms with E-state index in [1.54, 1.807) is 12.4 Å². The molecule has 3 heterocycles. The Morgan fingerprint density at radius 1 is 1.15 bits per heavy atom. The molecule has 5 N–H and O–H groups in total. The first-order valence-electron chi connectivity index (χ1n) is 9.85. The van der Waals surface area contributed by atoms with Gasteiger partial charge >= 0.3 is 12.1 Å². The molecule has 0 atom stereocenters. The fourth-order valence-corrected chi connectivity index (χ4v) is 3.00. The molecule has 34 heavy (non-hydrogen) atoms. The van der Waals surface area contributed by atoms with Crippen molar-refractivity contribution < 1.29 is 27.9 Å². The summed E-state index contributed by atoms with van der Waals surface area (Å²) in [7, 11) is 0. The van der Waals surface area contributed by atoms with Gasteiger partial charge in [0.05, 0.1) is 11.3 Å². The van der Waals surface area contributed by atoms with Gasteiger partial charge in [0.2, 0.25) is 0 Å². The number of carboxylic acid groups (broad SMARTS) is 1. The Morgan fingerprint density at radius 2 is 1.79 bits per heavy atom. The Morgan fingerprint density at radius 3 is 2.38 bits per heavy atom. The van der Waals surface area contributed by atoms with Crippen molar-refractivity contribution in [1.29, 1.82) is 0 Å². The first kappa shape index (κ1) is 24.2. The predicted molar refractivity (Wildman–Crippen MR) is 118 cm³/mol. The number of nitrogens with zero attached hydrogens (tertiary/aromatic N) is 3. The van der Waals surface area contributed by atoms with Crippen LogP contribution in [-0.2, 0) is 11.2 Å². The molecule has 1 aromatic carbocycles. The average Bonchev–Trinajstić information content (AvgIpc) is 3.25. The summed E-state index contributed by atoms with van der Waals surface area (Å²) < 4.78 is 31.7. The highest BCUT2D eigenvalue weighted by molar-refractivity contribution is 6.06. The number of aliphatic carboxylic acids is 1. The summed E-state index contributed by atoms with van der Waals surface area (Å²) in [5, 5.41) is 10.5. The molecular weight excluding hydrogens is 453 g/mol. The molecule has 0 saturated heterocycles. The number of H-pyrrole nitrogens is 1. The van der Waals surface area contributed by atoms with Crippen LogP contribution < -0.4 is 11.1 Å². The number of pyridine rings is 2. The Kier molecular flexibility index (Phi) is 7.09. The third-order valence-corrected chi connectivity index (χ3v) is 4.63. The molecule has 0 saturated carbocycles. The van der Waals surface area contributed by atoms with Crippen LogP contribution in [0.2, 0.25) is 0 Å². The van der Waals surface area contributed by atoms with E-state index in [-0.39, 0.29) is 0 Å². The zero-order chi connectivity index (χ0) is 24.9. The number of imidazole rings is 1. The average molecular weight is 472 g/mol. The fourth-order valence-electron chi connectivity index (χ4n) is 3.00. The molecule has 0 aliphatic carbocycles. The highest BCUT2D eigenvalue weighted by Crippen LogP contribution is 2.31. The number of amides is 1. The summed E-state index contributed by atoms with van der Waals surface area (Å²) >= 11 is 0. The standard InChI is InChI=1S/C20H18N6O.C2HF3O2/c1-2-12-5-3-4-6-15(12)24-16-14(18(21)27)11-23-20-17(16)25-19(26-20)13-7-9-22-10-8-13;3-2(4,5)1(6)7/h3-11H,2H2,1H3,(H2,21,27)(H2,23,24,25,26);(H,6,7). The van der Waals surface area contributed by atoms with Gasteiger partial charge in [0.25, 0.3) is 5.91 Å². The molecule has 0 radical (unpaired) electrons. The minimum Gasteiger partial charge on any atom is -0.475 e. The van der Waals surface area contributed by atoms with Crippen LogP contribution in [0.25, 0.3) is 22.6 Å². The van der Waals surface area contributed by atoms with Crippen LogP contribution in [0.4, 0.5) is 24.5 Å². The number of primary amides is 1. The zero-order valence-corrected chi connectivity index (χ0v) is 17.7. The molecule has 4 rings (SSSR count). The largest absolute Gasteiger partial charge is 0.490 e. The number of carboxylic acids is 1. The highest BCUT2D eigenvalue weighted by Gasteiger charge is 2.38. The van der Waals surface area contributed by atoms with Gasteiger partial charge in [-0.25, -0.2) is 14.8 Å². The maximum Gasteiger partial charge on any atom is 0.490 e. The Hall–Kier alpha value is -4.48. The van der Waals surface area contributed by atoms with Crippen LogP contribution in [0.3, 0.4) is 0 Å². The molecule has 0 fully saturated rings. The number of carbonyl (C=O) groups is 2. The van der Waals surface area contributed by atoms with E-state index in [1.807, 2.05) is 36.4 Å². The number of aryl methyl sites for hydroxylation is 1. The lowest BCUT2D eigenvalue weighted by Gasteiger charge is -2.13. The first-order chi connectivity index (χ1) is 16.1. The van der Waals surface area contributed by atoms with Gasteiger partial charge in [0, 0.05) is 29.8 Å². The van der Waals surface area contributed by atoms with Gasteiger partial charge in [-0.15, -0.1) is 0 Å². The van der Waals surface area contributed by atoms with Gasteiger partial charge in [-0.05, 0) is 30.2 Å². The number of carbonyl (C=O) groups excluding carboxylic acids is 1. The monoisotopic (exact) mass is 472 g/mol. The Bertz CT molecular complexity index is 1320. The number of nitrogens with one attached hydrogen (secondary N) is 2. The summed E-state index contributed by atoms with van der Waals surface area (Å²) in [6, 6.07) is 11.6. The van der Waals surface area contributed by atoms with E-state index in [0.717, 1.165) is 23.2 Å². The second-order valence-corrected chi connectivity index (χ2v) is 6.87. The molecule has 0 spiro atoms. The van der Waals surface area contributed by atoms with Gasteiger partial charge in [-0.1, -0.05) is 25.1 Å². The molecule has 12 heteroatoms. The fraction of sp³-hybridized carbons (Fsp3) is 0.136. The lowest BCUT2D eigenvalue weighted by atomic mass is 10.1. The number of aromatic amines is 1. The summed E-state index contributed by atoms with van der Waals surface area (Å²) in [5.74, 6) is -2.67. The topological polar surface area (TPSA) is 147 Å². The minimum absolute atomic E-state index is 0.293. The first-order valence-corrected chi connectivity index (χ1v) is 9.85. The van der Waals surface area contributed by atoms with Crippen molar-refractivity contribution in [3.05, 3.63) is 66.1 Å². The molecule has 0 aliphatic heterocycles. The van der Waals surface area contributed by atoms with Crippen molar-refractivity contribution >= 4 is 34.4 Å². The number of fused-ring (bicyclic) bond motifs is 1. The summed E-state index contributed by atoms with van der Waals surface area (Å²) in [5.41, 5.74) is 10.5. The number of nitrogens with two attached hydrogens (primary N) is 1. The maximum absolute atomic E-state index is 12.0. The van der Waals surface area contributed by atoms with Crippen LogP contribution >= 0.6 is 0 Å². The predicted octanol–water partition coefficient (Wildman–Crippen LogP) is 4.06. The normalized spacial score (nSPS) is 10.9. The van der Waals surface area contributed by atoms with Crippen LogP contribution in [0.5, 0.6) is 0 Å². The number of anilines is 2. The minimum atomic E-state index is -5.08. The molecule has 9 nitrogen and oxygen atoms in total. The lowest BCUT2D eigenvalue weighted by molar-refractivity contribution is -0.192. The summed E-state index contributed by atoms with van der Waals surface area (Å²) in [6.45, 7) is 2.08. The zero-order valence-electron chi connectivity index (χ0n) is 17.7. The van der Waals surface area contributed by atoms with Crippen molar-refractivity contribution in [2.45, 2.75) is 19.5 Å². The highest BCUT2D eigenvalue weighted by atomic mass is 19.4. The maximum atomic E-state index is 12.0. The number of hydrogen-bond donors (Lipinski definition) is 4. The number of rotatable bonds is 5. The third kappa shape index (κ3) is 5.46. The van der Waals surface area contributed by atoms with Gasteiger partial charge in [-0.2, -0.15) is 13.2 Å². The van der Waals surface area contributed by atoms with Crippen LogP contribution in [0.1, 0.15) is 22.8 Å². The Labute approximate surface area is 190 Å². The molecule has 176 valence electrons. The second kappa shape index (κ2) is 9.98. The molecule has 0 aliphatic rings. The number of halogens is 3. The van der Waals surface area contributed by atoms with Crippen molar-refractivity contribution in [2.75, 3.05) is 5.32 Å². The molecule has 4 aromatic rings. The number of para-hydroxylation sites is 1. The van der Waals surface area contributed by atoms with Crippen LogP contribution in [0, 0.1) is 0 Å². The molecule has 1 amide bonds. The van der Waals surface area contributed by atoms with Crippen molar-refractivity contribution in [1.82, 2.24) is 19.9 Å². The number of hydrogen-bond acceptors (Lipinski definition) is 6. The van der Waals surface area contributed by atoms with E-state index in [4.69, 9.17) is 15.6 Å². The molecular formula is C22H19F3N6O3. The van der Waals surface area contributed by atoms with Crippen molar-refractivity contribution in [3.63, 3.8) is 0 Å². The van der Waals surface area contributed by atoms with E-state index in [2.05, 4.69) is 32.2 Å². The third-order valence-electron chi connectivity index (χ3n) is 4.63. The van der Waals surface area contributed by atoms with Gasteiger partial charge in [-0.3, -0.25) is 9.78 Å². The summed E-state index contributed by atoms with van der Waals surface area (Å²) in [6.07, 6.45) is 0.630.